The predicted octanol–water partition coefficient (Wildman–Crippen LogP) is 3.81. The van der Waals surface area contributed by atoms with E-state index in [2.05, 4.69) is 15.5 Å². The quantitative estimate of drug-likeness (QED) is 0.673. The Morgan fingerprint density at radius 1 is 1.23 bits per heavy atom. The van der Waals surface area contributed by atoms with Gasteiger partial charge in [0.2, 0.25) is 5.91 Å². The molecule has 1 fully saturated rings. The van der Waals surface area contributed by atoms with E-state index in [0.717, 1.165) is 5.56 Å². The van der Waals surface area contributed by atoms with Crippen LogP contribution in [-0.2, 0) is 4.79 Å². The summed E-state index contributed by atoms with van der Waals surface area (Å²) in [5, 5.41) is 11.8. The molecule has 1 aliphatic heterocycles. The monoisotopic (exact) mass is 353 g/mol. The van der Waals surface area contributed by atoms with Crippen molar-refractivity contribution in [2.75, 3.05) is 5.75 Å². The Balaban J connectivity index is 1.73. The van der Waals surface area contributed by atoms with Gasteiger partial charge in [-0.25, -0.2) is 0 Å². The summed E-state index contributed by atoms with van der Waals surface area (Å²) in [6.07, 6.45) is 1.47. The molecule has 2 heterocycles. The molecule has 1 saturated heterocycles. The zero-order valence-electron chi connectivity index (χ0n) is 11.0. The van der Waals surface area contributed by atoms with Gasteiger partial charge in [0.25, 0.3) is 0 Å². The Labute approximate surface area is 140 Å². The second kappa shape index (κ2) is 6.56. The van der Waals surface area contributed by atoms with Crippen molar-refractivity contribution in [3.8, 4) is 11.3 Å². The minimum Gasteiger partial charge on any atom is -0.455 e. The number of amidine groups is 1. The summed E-state index contributed by atoms with van der Waals surface area (Å²) in [4.78, 5) is 11.0. The van der Waals surface area contributed by atoms with E-state index in [9.17, 15) is 4.79 Å². The molecule has 0 radical (unpaired) electrons. The minimum absolute atomic E-state index is 0.0705. The summed E-state index contributed by atoms with van der Waals surface area (Å²) in [6, 6.07) is 8.83. The lowest BCUT2D eigenvalue weighted by molar-refractivity contribution is -0.116. The molecule has 0 atom stereocenters. The number of benzene rings is 1. The third-order valence-electron chi connectivity index (χ3n) is 2.75. The fraction of sp³-hybridized carbons (Fsp3) is 0.0714. The van der Waals surface area contributed by atoms with Gasteiger partial charge in [0, 0.05) is 5.56 Å². The third-order valence-corrected chi connectivity index (χ3v) is 4.35. The number of nitrogens with zero attached hydrogens (tertiary/aromatic N) is 2. The van der Waals surface area contributed by atoms with E-state index in [0.29, 0.717) is 32.5 Å². The number of nitrogens with one attached hydrogen (secondary N) is 1. The van der Waals surface area contributed by atoms with Crippen LogP contribution in [-0.4, -0.2) is 23.0 Å². The van der Waals surface area contributed by atoms with Crippen molar-refractivity contribution >= 4 is 52.3 Å². The van der Waals surface area contributed by atoms with Gasteiger partial charge in [-0.2, -0.15) is 5.10 Å². The van der Waals surface area contributed by atoms with E-state index in [4.69, 9.17) is 27.6 Å². The number of hydrogen-bond acceptors (Lipinski definition) is 5. The maximum absolute atomic E-state index is 11.0. The Bertz CT molecular complexity index is 786. The maximum atomic E-state index is 11.0. The molecular weight excluding hydrogens is 345 g/mol. The first-order valence-electron chi connectivity index (χ1n) is 6.21. The number of halogens is 2. The lowest BCUT2D eigenvalue weighted by Gasteiger charge is -1.99. The average Bonchev–Trinajstić information content (AvgIpc) is 3.11. The number of carbonyl (C=O) groups is 1. The molecule has 1 aliphatic rings. The normalized spacial score (nSPS) is 16.6. The Hall–Kier alpha value is -1.76. The van der Waals surface area contributed by atoms with Crippen LogP contribution in [0.4, 0.5) is 0 Å². The van der Waals surface area contributed by atoms with E-state index in [1.807, 2.05) is 6.07 Å². The fourth-order valence-corrected chi connectivity index (χ4v) is 2.67. The number of furan rings is 1. The number of rotatable bonds is 3. The van der Waals surface area contributed by atoms with Crippen LogP contribution >= 0.6 is 35.0 Å². The van der Waals surface area contributed by atoms with E-state index in [-0.39, 0.29) is 5.91 Å². The summed E-state index contributed by atoms with van der Waals surface area (Å²) in [5.74, 6) is 1.49. The van der Waals surface area contributed by atoms with E-state index in [1.54, 1.807) is 24.3 Å². The summed E-state index contributed by atoms with van der Waals surface area (Å²) in [5.41, 5.74) is 0.818. The van der Waals surface area contributed by atoms with Crippen LogP contribution < -0.4 is 5.32 Å². The van der Waals surface area contributed by atoms with Crippen molar-refractivity contribution in [3.05, 3.63) is 46.1 Å². The Morgan fingerprint density at radius 3 is 2.82 bits per heavy atom. The van der Waals surface area contributed by atoms with Crippen LogP contribution in [0.1, 0.15) is 5.76 Å². The summed E-state index contributed by atoms with van der Waals surface area (Å²) < 4.78 is 5.64. The fourth-order valence-electron chi connectivity index (χ4n) is 1.74. The Morgan fingerprint density at radius 2 is 2.09 bits per heavy atom. The molecule has 5 nitrogen and oxygen atoms in total. The highest BCUT2D eigenvalue weighted by atomic mass is 35.5. The Kier molecular flexibility index (Phi) is 4.52. The summed E-state index contributed by atoms with van der Waals surface area (Å²) in [7, 11) is 0. The first-order chi connectivity index (χ1) is 10.6. The molecule has 2 aromatic rings. The van der Waals surface area contributed by atoms with E-state index in [1.165, 1.54) is 18.0 Å². The highest BCUT2D eigenvalue weighted by molar-refractivity contribution is 8.15. The molecule has 8 heteroatoms. The standard InChI is InChI=1S/C14H9Cl2N3O2S/c15-10-3-1-8(5-11(10)16)12-4-2-9(21-12)6-17-19-14-18-13(20)7-22-14/h1-6H,7H2,(H,18,19,20). The van der Waals surface area contributed by atoms with Gasteiger partial charge in [-0.1, -0.05) is 35.0 Å². The molecule has 0 aliphatic carbocycles. The molecule has 0 unspecified atom stereocenters. The van der Waals surface area contributed by atoms with Crippen molar-refractivity contribution in [1.82, 2.24) is 5.32 Å². The number of thioether (sulfide) groups is 1. The molecule has 1 aromatic carbocycles. The first kappa shape index (κ1) is 15.1. The van der Waals surface area contributed by atoms with Crippen LogP contribution in [0.5, 0.6) is 0 Å². The van der Waals surface area contributed by atoms with Gasteiger partial charge in [-0.3, -0.25) is 4.79 Å². The highest BCUT2D eigenvalue weighted by Crippen LogP contribution is 2.29. The van der Waals surface area contributed by atoms with Crippen LogP contribution in [0.3, 0.4) is 0 Å². The number of amides is 1. The third kappa shape index (κ3) is 3.52. The lowest BCUT2D eigenvalue weighted by Crippen LogP contribution is -2.19. The predicted molar refractivity (Wildman–Crippen MR) is 89.8 cm³/mol. The molecule has 0 saturated carbocycles. The van der Waals surface area contributed by atoms with Gasteiger partial charge in [0.15, 0.2) is 5.17 Å². The van der Waals surface area contributed by atoms with Crippen LogP contribution in [0.15, 0.2) is 45.0 Å². The van der Waals surface area contributed by atoms with Gasteiger partial charge >= 0.3 is 0 Å². The molecule has 0 spiro atoms. The second-order valence-corrected chi connectivity index (χ2v) is 6.10. The zero-order valence-corrected chi connectivity index (χ0v) is 13.4. The van der Waals surface area contributed by atoms with Gasteiger partial charge in [-0.05, 0) is 30.3 Å². The van der Waals surface area contributed by atoms with Crippen LogP contribution in [0, 0.1) is 0 Å². The summed E-state index contributed by atoms with van der Waals surface area (Å²) >= 11 is 13.2. The largest absolute Gasteiger partial charge is 0.455 e. The average molecular weight is 354 g/mol. The zero-order chi connectivity index (χ0) is 15.5. The van der Waals surface area contributed by atoms with Gasteiger partial charge < -0.3 is 9.73 Å². The molecule has 0 bridgehead atoms. The van der Waals surface area contributed by atoms with E-state index < -0.39 is 0 Å². The molecule has 112 valence electrons. The first-order valence-corrected chi connectivity index (χ1v) is 7.95. The SMILES string of the molecule is O=C1CS/C(=N\N=Cc2ccc(-c3ccc(Cl)c(Cl)c3)o2)N1. The van der Waals surface area contributed by atoms with Crippen LogP contribution in [0.2, 0.25) is 10.0 Å². The molecule has 1 amide bonds. The smallest absolute Gasteiger partial charge is 0.236 e. The second-order valence-electron chi connectivity index (χ2n) is 4.32. The number of hydrogen-bond donors (Lipinski definition) is 1. The van der Waals surface area contributed by atoms with Crippen molar-refractivity contribution in [1.29, 1.82) is 0 Å². The van der Waals surface area contributed by atoms with Crippen molar-refractivity contribution in [2.45, 2.75) is 0 Å². The van der Waals surface area contributed by atoms with E-state index >= 15 is 0 Å². The topological polar surface area (TPSA) is 67.0 Å². The minimum atomic E-state index is -0.0705. The van der Waals surface area contributed by atoms with Crippen LogP contribution in [0.25, 0.3) is 11.3 Å². The van der Waals surface area contributed by atoms with Crippen molar-refractivity contribution < 1.29 is 9.21 Å². The van der Waals surface area contributed by atoms with Gasteiger partial charge in [0.1, 0.15) is 11.5 Å². The lowest BCUT2D eigenvalue weighted by atomic mass is 10.2. The molecule has 1 aromatic heterocycles. The molecule has 22 heavy (non-hydrogen) atoms. The molecular formula is C14H9Cl2N3O2S. The maximum Gasteiger partial charge on any atom is 0.236 e. The van der Waals surface area contributed by atoms with Crippen molar-refractivity contribution in [2.24, 2.45) is 10.2 Å². The number of carbonyl (C=O) groups excluding carboxylic acids is 1. The molecule has 1 N–H and O–H groups in total. The van der Waals surface area contributed by atoms with Gasteiger partial charge in [-0.15, -0.1) is 5.10 Å². The molecule has 3 rings (SSSR count). The van der Waals surface area contributed by atoms with Gasteiger partial charge in [0.05, 0.1) is 22.0 Å². The summed E-state index contributed by atoms with van der Waals surface area (Å²) in [6.45, 7) is 0. The van der Waals surface area contributed by atoms with Crippen molar-refractivity contribution in [3.63, 3.8) is 0 Å². The highest BCUT2D eigenvalue weighted by Gasteiger charge is 2.16.